The number of benzene rings is 1. The van der Waals surface area contributed by atoms with Crippen molar-refractivity contribution in [3.05, 3.63) is 35.6 Å². The van der Waals surface area contributed by atoms with Gasteiger partial charge in [-0.3, -0.25) is 9.69 Å². The van der Waals surface area contributed by atoms with Crippen LogP contribution in [0.25, 0.3) is 0 Å². The number of morpholine rings is 1. The molecule has 6 nitrogen and oxygen atoms in total. The fraction of sp³-hybridized carbons (Fsp3) is 0.611. The number of halogens is 1. The minimum Gasteiger partial charge on any atom is -0.392 e. The molecule has 1 heterocycles. The molecule has 1 saturated heterocycles. The van der Waals surface area contributed by atoms with Crippen LogP contribution in [0.4, 0.5) is 4.39 Å². The molecule has 140 valence electrons. The molecule has 0 aromatic heterocycles. The van der Waals surface area contributed by atoms with Crippen LogP contribution in [-0.2, 0) is 9.47 Å². The first-order valence-corrected chi connectivity index (χ1v) is 8.55. The van der Waals surface area contributed by atoms with Gasteiger partial charge in [0.05, 0.1) is 25.4 Å². The van der Waals surface area contributed by atoms with Crippen molar-refractivity contribution >= 4 is 5.91 Å². The largest absolute Gasteiger partial charge is 0.392 e. The maximum atomic E-state index is 13.1. The molecular formula is C18H27FN2O4. The highest BCUT2D eigenvalue weighted by atomic mass is 19.1. The first kappa shape index (κ1) is 19.8. The molecule has 0 spiro atoms. The zero-order chi connectivity index (χ0) is 18.2. The van der Waals surface area contributed by atoms with Gasteiger partial charge in [-0.15, -0.1) is 0 Å². The predicted molar refractivity (Wildman–Crippen MR) is 92.0 cm³/mol. The standard InChI is InChI=1S/C18H27FN2O4/c1-14(22)11-20-7-10-25-17(12-20)13-21(8-9-24-2)18(23)15-3-5-16(19)6-4-15/h3-6,14,17,22H,7-13H2,1-2H3. The van der Waals surface area contributed by atoms with Gasteiger partial charge in [-0.05, 0) is 31.2 Å². The second-order valence-electron chi connectivity index (χ2n) is 6.35. The Morgan fingerprint density at radius 3 is 2.84 bits per heavy atom. The summed E-state index contributed by atoms with van der Waals surface area (Å²) in [6.07, 6.45) is -0.530. The number of hydrogen-bond acceptors (Lipinski definition) is 5. The zero-order valence-electron chi connectivity index (χ0n) is 14.9. The smallest absolute Gasteiger partial charge is 0.254 e. The lowest BCUT2D eigenvalue weighted by atomic mass is 10.1. The Kier molecular flexibility index (Phi) is 7.77. The van der Waals surface area contributed by atoms with E-state index in [2.05, 4.69) is 4.90 Å². The highest BCUT2D eigenvalue weighted by Gasteiger charge is 2.26. The van der Waals surface area contributed by atoms with Gasteiger partial charge in [-0.25, -0.2) is 4.39 Å². The van der Waals surface area contributed by atoms with Crippen LogP contribution in [0.2, 0.25) is 0 Å². The van der Waals surface area contributed by atoms with Gasteiger partial charge in [-0.1, -0.05) is 0 Å². The van der Waals surface area contributed by atoms with E-state index in [-0.39, 0.29) is 17.8 Å². The van der Waals surface area contributed by atoms with Crippen molar-refractivity contribution in [1.82, 2.24) is 9.80 Å². The summed E-state index contributed by atoms with van der Waals surface area (Å²) in [4.78, 5) is 16.5. The Morgan fingerprint density at radius 2 is 2.20 bits per heavy atom. The number of carbonyl (C=O) groups excluding carboxylic acids is 1. The van der Waals surface area contributed by atoms with E-state index >= 15 is 0 Å². The monoisotopic (exact) mass is 354 g/mol. The summed E-state index contributed by atoms with van der Waals surface area (Å²) in [6, 6.07) is 5.53. The van der Waals surface area contributed by atoms with Gasteiger partial charge in [-0.2, -0.15) is 0 Å². The molecule has 1 aliphatic rings. The molecule has 1 fully saturated rings. The van der Waals surface area contributed by atoms with Crippen LogP contribution in [0.15, 0.2) is 24.3 Å². The molecule has 1 N–H and O–H groups in total. The maximum absolute atomic E-state index is 13.1. The lowest BCUT2D eigenvalue weighted by molar-refractivity contribution is -0.0503. The summed E-state index contributed by atoms with van der Waals surface area (Å²) in [5.41, 5.74) is 0.439. The highest BCUT2D eigenvalue weighted by molar-refractivity contribution is 5.94. The Morgan fingerprint density at radius 1 is 1.48 bits per heavy atom. The molecule has 25 heavy (non-hydrogen) atoms. The van der Waals surface area contributed by atoms with Gasteiger partial charge >= 0.3 is 0 Å². The molecule has 1 aromatic rings. The van der Waals surface area contributed by atoms with Crippen molar-refractivity contribution in [1.29, 1.82) is 0 Å². The normalized spacial score (nSPS) is 19.6. The second-order valence-corrected chi connectivity index (χ2v) is 6.35. The molecule has 0 bridgehead atoms. The summed E-state index contributed by atoms with van der Waals surface area (Å²) in [7, 11) is 1.59. The lowest BCUT2D eigenvalue weighted by Gasteiger charge is -2.36. The van der Waals surface area contributed by atoms with Crippen molar-refractivity contribution < 1.29 is 23.8 Å². The summed E-state index contributed by atoms with van der Waals surface area (Å²) < 4.78 is 24.0. The number of aliphatic hydroxyl groups is 1. The van der Waals surface area contributed by atoms with E-state index < -0.39 is 6.10 Å². The minimum atomic E-state index is -0.399. The average molecular weight is 354 g/mol. The lowest BCUT2D eigenvalue weighted by Crippen LogP contribution is -2.50. The molecule has 2 atom stereocenters. The number of carbonyl (C=O) groups is 1. The topological polar surface area (TPSA) is 62.2 Å². The Hall–Kier alpha value is -1.54. The van der Waals surface area contributed by atoms with Crippen LogP contribution in [0, 0.1) is 5.82 Å². The van der Waals surface area contributed by atoms with Crippen molar-refractivity contribution in [3.8, 4) is 0 Å². The number of amides is 1. The van der Waals surface area contributed by atoms with Crippen LogP contribution in [0.5, 0.6) is 0 Å². The molecule has 1 aromatic carbocycles. The van der Waals surface area contributed by atoms with Crippen LogP contribution in [0.1, 0.15) is 17.3 Å². The predicted octanol–water partition coefficient (Wildman–Crippen LogP) is 0.996. The number of ether oxygens (including phenoxy) is 2. The molecule has 2 rings (SSSR count). The summed E-state index contributed by atoms with van der Waals surface area (Å²) in [5.74, 6) is -0.544. The van der Waals surface area contributed by atoms with Crippen molar-refractivity contribution in [2.75, 3.05) is 53.0 Å². The van der Waals surface area contributed by atoms with E-state index in [1.165, 1.54) is 24.3 Å². The summed E-state index contributed by atoms with van der Waals surface area (Å²) >= 11 is 0. The molecule has 7 heteroatoms. The van der Waals surface area contributed by atoms with E-state index in [1.54, 1.807) is 18.9 Å². The van der Waals surface area contributed by atoms with Gasteiger partial charge in [0, 0.05) is 45.4 Å². The van der Waals surface area contributed by atoms with Gasteiger partial charge in [0.15, 0.2) is 0 Å². The van der Waals surface area contributed by atoms with Crippen LogP contribution in [-0.4, -0.2) is 86.1 Å². The van der Waals surface area contributed by atoms with E-state index in [9.17, 15) is 14.3 Å². The first-order valence-electron chi connectivity index (χ1n) is 8.55. The number of aliphatic hydroxyl groups excluding tert-OH is 1. The third-order valence-corrected chi connectivity index (χ3v) is 4.11. The maximum Gasteiger partial charge on any atom is 0.254 e. The van der Waals surface area contributed by atoms with Gasteiger partial charge in [0.1, 0.15) is 5.82 Å². The Balaban J connectivity index is 2.01. The Bertz CT molecular complexity index is 538. The number of methoxy groups -OCH3 is 1. The quantitative estimate of drug-likeness (QED) is 0.755. The fourth-order valence-electron chi connectivity index (χ4n) is 2.93. The summed E-state index contributed by atoms with van der Waals surface area (Å²) in [5, 5.41) is 9.55. The SMILES string of the molecule is COCCN(CC1CN(CC(C)O)CCO1)C(=O)c1ccc(F)cc1. The van der Waals surface area contributed by atoms with E-state index in [0.717, 1.165) is 6.54 Å². The molecular weight excluding hydrogens is 327 g/mol. The van der Waals surface area contributed by atoms with Crippen LogP contribution in [0.3, 0.4) is 0 Å². The van der Waals surface area contributed by atoms with E-state index in [1.807, 2.05) is 0 Å². The number of nitrogens with zero attached hydrogens (tertiary/aromatic N) is 2. The number of β-amino-alcohol motifs (C(OH)–C–C–N with tert-alkyl or cyclic N) is 1. The Labute approximate surface area is 148 Å². The van der Waals surface area contributed by atoms with Gasteiger partial charge in [0.25, 0.3) is 5.91 Å². The third-order valence-electron chi connectivity index (χ3n) is 4.11. The molecule has 0 radical (unpaired) electrons. The summed E-state index contributed by atoms with van der Waals surface area (Å²) in [6.45, 7) is 5.61. The molecule has 0 saturated carbocycles. The van der Waals surface area contributed by atoms with E-state index in [4.69, 9.17) is 9.47 Å². The van der Waals surface area contributed by atoms with E-state index in [0.29, 0.717) is 45.0 Å². The van der Waals surface area contributed by atoms with Crippen LogP contribution >= 0.6 is 0 Å². The average Bonchev–Trinajstić information content (AvgIpc) is 2.58. The van der Waals surface area contributed by atoms with Gasteiger partial charge in [0.2, 0.25) is 0 Å². The van der Waals surface area contributed by atoms with Crippen LogP contribution < -0.4 is 0 Å². The third kappa shape index (κ3) is 6.36. The van der Waals surface area contributed by atoms with Crippen molar-refractivity contribution in [2.45, 2.75) is 19.1 Å². The first-order chi connectivity index (χ1) is 12.0. The van der Waals surface area contributed by atoms with Gasteiger partial charge < -0.3 is 19.5 Å². The molecule has 2 unspecified atom stereocenters. The number of rotatable bonds is 8. The molecule has 1 amide bonds. The van der Waals surface area contributed by atoms with Crippen molar-refractivity contribution in [3.63, 3.8) is 0 Å². The number of hydrogen-bond donors (Lipinski definition) is 1. The zero-order valence-corrected chi connectivity index (χ0v) is 14.9. The highest BCUT2D eigenvalue weighted by Crippen LogP contribution is 2.12. The fourth-order valence-corrected chi connectivity index (χ4v) is 2.93. The second kappa shape index (κ2) is 9.82. The molecule has 1 aliphatic heterocycles. The molecule has 0 aliphatic carbocycles. The van der Waals surface area contributed by atoms with Crippen molar-refractivity contribution in [2.24, 2.45) is 0 Å². The minimum absolute atomic E-state index is 0.131.